The number of carbonyl (C=O) groups excluding carboxylic acids is 2. The molecule has 0 saturated heterocycles. The summed E-state index contributed by atoms with van der Waals surface area (Å²) >= 11 is 0. The molecule has 9 heteroatoms. The number of esters is 2. The van der Waals surface area contributed by atoms with E-state index in [0.717, 1.165) is 161 Å². The number of hydrogen-bond acceptors (Lipinski definition) is 7. The summed E-state index contributed by atoms with van der Waals surface area (Å²) in [6, 6.07) is 0. The largest absolute Gasteiger partial charge is 0.477 e. The van der Waals surface area contributed by atoms with Gasteiger partial charge < -0.3 is 28.5 Å². The van der Waals surface area contributed by atoms with Crippen molar-refractivity contribution >= 4 is 17.9 Å². The van der Waals surface area contributed by atoms with Crippen molar-refractivity contribution in [2.24, 2.45) is 0 Å². The van der Waals surface area contributed by atoms with E-state index in [9.17, 15) is 19.5 Å². The molecule has 0 aliphatic carbocycles. The van der Waals surface area contributed by atoms with Crippen molar-refractivity contribution in [2.45, 2.75) is 206 Å². The zero-order valence-corrected chi connectivity index (χ0v) is 49.0. The zero-order valence-electron chi connectivity index (χ0n) is 49.0. The quantitative estimate of drug-likeness (QED) is 0.0211. The van der Waals surface area contributed by atoms with E-state index in [1.165, 1.54) is 0 Å². The van der Waals surface area contributed by atoms with Crippen molar-refractivity contribution in [1.29, 1.82) is 0 Å². The maximum Gasteiger partial charge on any atom is 0.361 e. The topological polar surface area (TPSA) is 108 Å². The number of nitrogens with zero attached hydrogens (tertiary/aromatic N) is 1. The number of hydrogen-bond donors (Lipinski definition) is 1. The average molecular weight is 1070 g/mol. The highest BCUT2D eigenvalue weighted by molar-refractivity contribution is 5.71. The first-order chi connectivity index (χ1) is 37.6. The number of rotatable bonds is 52. The number of ether oxygens (including phenoxy) is 4. The molecular weight excluding hydrogens is 959 g/mol. The van der Waals surface area contributed by atoms with E-state index in [1.807, 2.05) is 21.1 Å². The molecular formula is C68H108NO8+. The van der Waals surface area contributed by atoms with Gasteiger partial charge >= 0.3 is 17.9 Å². The van der Waals surface area contributed by atoms with Crippen LogP contribution < -0.4 is 0 Å². The molecule has 0 amide bonds. The summed E-state index contributed by atoms with van der Waals surface area (Å²) in [5.74, 6) is -2.07. The fourth-order valence-corrected chi connectivity index (χ4v) is 7.29. The van der Waals surface area contributed by atoms with Crippen LogP contribution in [0.1, 0.15) is 194 Å². The second-order valence-corrected chi connectivity index (χ2v) is 20.2. The van der Waals surface area contributed by atoms with Crippen LogP contribution in [0.5, 0.6) is 0 Å². The van der Waals surface area contributed by atoms with Crippen LogP contribution in [0, 0.1) is 0 Å². The molecule has 0 fully saturated rings. The molecule has 9 nitrogen and oxygen atoms in total. The number of carboxylic acids is 1. The molecule has 0 bridgehead atoms. The number of unbranched alkanes of at least 4 members (excludes halogenated alkanes) is 11. The van der Waals surface area contributed by atoms with Gasteiger partial charge in [-0.05, 0) is 122 Å². The number of aliphatic carboxylic acids is 1. The van der Waals surface area contributed by atoms with Crippen molar-refractivity contribution in [3.63, 3.8) is 0 Å². The van der Waals surface area contributed by atoms with Gasteiger partial charge in [-0.15, -0.1) is 0 Å². The zero-order chi connectivity index (χ0) is 56.2. The minimum Gasteiger partial charge on any atom is -0.477 e. The highest BCUT2D eigenvalue weighted by atomic mass is 16.7. The molecule has 2 unspecified atom stereocenters. The Morgan fingerprint density at radius 1 is 0.390 bits per heavy atom. The number of carbonyl (C=O) groups is 3. The van der Waals surface area contributed by atoms with Gasteiger partial charge in [-0.3, -0.25) is 9.59 Å². The SMILES string of the molecule is CC/C=C\C/C=C\C/C=C\C/C=C\C/C=C\C/C=C\C/C=C\C/C=C\C/C=C\CCCCCCCC(=O)OC(COC(=O)CCCCCCCC/C=C\C/C=C\C/C=C\C/C=C\CC)COC(OCC[N+](C)(C)C)C(=O)O. The molecule has 0 saturated carbocycles. The van der Waals surface area contributed by atoms with Gasteiger partial charge in [0.2, 0.25) is 0 Å². The van der Waals surface area contributed by atoms with Crippen LogP contribution in [0.15, 0.2) is 158 Å². The fourth-order valence-electron chi connectivity index (χ4n) is 7.29. The smallest absolute Gasteiger partial charge is 0.361 e. The van der Waals surface area contributed by atoms with Crippen LogP contribution in [0.2, 0.25) is 0 Å². The van der Waals surface area contributed by atoms with Crippen LogP contribution in [0.25, 0.3) is 0 Å². The Labute approximate surface area is 470 Å². The lowest BCUT2D eigenvalue weighted by atomic mass is 10.1. The van der Waals surface area contributed by atoms with Crippen LogP contribution in [0.4, 0.5) is 0 Å². The van der Waals surface area contributed by atoms with Crippen LogP contribution in [0.3, 0.4) is 0 Å². The Morgan fingerprint density at radius 3 is 1.04 bits per heavy atom. The second kappa shape index (κ2) is 57.1. The summed E-state index contributed by atoms with van der Waals surface area (Å²) in [6.07, 6.45) is 81.7. The average Bonchev–Trinajstić information content (AvgIpc) is 3.40. The van der Waals surface area contributed by atoms with Gasteiger partial charge in [-0.1, -0.05) is 217 Å². The highest BCUT2D eigenvalue weighted by Crippen LogP contribution is 2.13. The van der Waals surface area contributed by atoms with E-state index in [0.29, 0.717) is 17.4 Å². The van der Waals surface area contributed by atoms with Crippen molar-refractivity contribution < 1.29 is 42.9 Å². The summed E-state index contributed by atoms with van der Waals surface area (Å²) in [4.78, 5) is 37.4. The fraction of sp³-hybridized carbons (Fsp3) is 0.574. The van der Waals surface area contributed by atoms with Gasteiger partial charge in [0.25, 0.3) is 6.29 Å². The summed E-state index contributed by atoms with van der Waals surface area (Å²) in [5.41, 5.74) is 0. The third kappa shape index (κ3) is 58.4. The highest BCUT2D eigenvalue weighted by Gasteiger charge is 2.25. The van der Waals surface area contributed by atoms with Crippen LogP contribution in [-0.4, -0.2) is 87.4 Å². The van der Waals surface area contributed by atoms with E-state index >= 15 is 0 Å². The Bertz CT molecular complexity index is 1810. The standard InChI is InChI=1S/C68H107NO8/c1-6-8-10-12-14-16-18-20-22-24-26-27-28-29-30-31-32-33-34-35-36-37-38-39-41-43-45-47-49-51-53-55-57-59-66(71)77-64(63-76-68(67(72)73)74-61-60-69(3,4)5)62-75-65(70)58-56-54-52-50-48-46-44-42-40-25-23-21-19-17-15-13-11-9-7-2/h8-11,14-17,20-23,26-27,29-30,32-33,35-36,38-40,42-43,45,64,68H,6-7,12-13,18-19,24-25,28,31,34,37,41,44,46-63H2,1-5H3/p+1/b10-8-,11-9-,16-14-,17-15-,22-20-,23-21-,27-26-,30-29-,33-32-,36-35-,39-38-,42-40-,45-43-. The Balaban J connectivity index is 4.35. The minimum atomic E-state index is -1.53. The molecule has 432 valence electrons. The predicted octanol–water partition coefficient (Wildman–Crippen LogP) is 17.8. The first-order valence-electron chi connectivity index (χ1n) is 29.6. The van der Waals surface area contributed by atoms with Gasteiger partial charge in [0.1, 0.15) is 13.2 Å². The van der Waals surface area contributed by atoms with Crippen molar-refractivity contribution in [3.8, 4) is 0 Å². The molecule has 0 spiro atoms. The van der Waals surface area contributed by atoms with Crippen molar-refractivity contribution in [3.05, 3.63) is 158 Å². The normalized spacial score (nSPS) is 13.9. The number of carboxylic acid groups (broad SMARTS) is 1. The minimum absolute atomic E-state index is 0.171. The molecule has 0 aromatic carbocycles. The number of allylic oxidation sites excluding steroid dienone is 26. The summed E-state index contributed by atoms with van der Waals surface area (Å²) in [7, 11) is 5.94. The molecule has 0 aliphatic heterocycles. The summed E-state index contributed by atoms with van der Waals surface area (Å²) in [5, 5.41) is 9.71. The number of quaternary nitrogens is 1. The maximum atomic E-state index is 12.9. The van der Waals surface area contributed by atoms with Gasteiger partial charge in [-0.25, -0.2) is 4.79 Å². The summed E-state index contributed by atoms with van der Waals surface area (Å²) < 4.78 is 22.8. The lowest BCUT2D eigenvalue weighted by molar-refractivity contribution is -0.870. The van der Waals surface area contributed by atoms with Gasteiger partial charge in [-0.2, -0.15) is 0 Å². The molecule has 2 atom stereocenters. The first kappa shape index (κ1) is 71.9. The Kier molecular flexibility index (Phi) is 53.3. The predicted molar refractivity (Wildman–Crippen MR) is 327 cm³/mol. The molecule has 0 radical (unpaired) electrons. The van der Waals surface area contributed by atoms with Crippen LogP contribution in [-0.2, 0) is 33.3 Å². The van der Waals surface area contributed by atoms with Crippen molar-refractivity contribution in [2.75, 3.05) is 47.5 Å². The molecule has 0 aromatic heterocycles. The number of likely N-dealkylation sites (N-methyl/N-ethyl adjacent to an activating group) is 1. The maximum absolute atomic E-state index is 12.9. The van der Waals surface area contributed by atoms with Gasteiger partial charge in [0, 0.05) is 12.8 Å². The van der Waals surface area contributed by atoms with Crippen molar-refractivity contribution in [1.82, 2.24) is 0 Å². The third-order valence-electron chi connectivity index (χ3n) is 11.8. The Hall–Kier alpha value is -5.09. The molecule has 1 N–H and O–H groups in total. The monoisotopic (exact) mass is 1070 g/mol. The van der Waals surface area contributed by atoms with Crippen LogP contribution >= 0.6 is 0 Å². The lowest BCUT2D eigenvalue weighted by Gasteiger charge is -2.25. The molecule has 0 heterocycles. The molecule has 0 aromatic rings. The lowest BCUT2D eigenvalue weighted by Crippen LogP contribution is -2.40. The van der Waals surface area contributed by atoms with Gasteiger partial charge in [0.15, 0.2) is 6.10 Å². The van der Waals surface area contributed by atoms with E-state index in [1.54, 1.807) is 0 Å². The van der Waals surface area contributed by atoms with E-state index < -0.39 is 24.3 Å². The molecule has 0 aliphatic rings. The summed E-state index contributed by atoms with van der Waals surface area (Å²) in [6.45, 7) is 4.58. The van der Waals surface area contributed by atoms with E-state index in [2.05, 4.69) is 172 Å². The third-order valence-corrected chi connectivity index (χ3v) is 11.8. The Morgan fingerprint density at radius 2 is 0.701 bits per heavy atom. The second-order valence-electron chi connectivity index (χ2n) is 20.2. The van der Waals surface area contributed by atoms with E-state index in [-0.39, 0.29) is 38.6 Å². The van der Waals surface area contributed by atoms with Gasteiger partial charge in [0.05, 0.1) is 34.4 Å². The first-order valence-corrected chi connectivity index (χ1v) is 29.6. The molecule has 0 rings (SSSR count). The van der Waals surface area contributed by atoms with E-state index in [4.69, 9.17) is 18.9 Å². The molecule has 77 heavy (non-hydrogen) atoms.